The number of thiophene rings is 1. The number of nitrogens with one attached hydrogen (secondary N) is 1. The molecular formula is C21H20N4O2S. The number of hydrogen-bond acceptors (Lipinski definition) is 6. The van der Waals surface area contributed by atoms with Crippen LogP contribution in [0.15, 0.2) is 59.4 Å². The fourth-order valence-electron chi connectivity index (χ4n) is 4.10. The Morgan fingerprint density at radius 3 is 2.86 bits per heavy atom. The van der Waals surface area contributed by atoms with Gasteiger partial charge in [0.15, 0.2) is 5.78 Å². The Bertz CT molecular complexity index is 1040. The summed E-state index contributed by atoms with van der Waals surface area (Å²) in [6.45, 7) is 2.59. The molecule has 2 atom stereocenters. The van der Waals surface area contributed by atoms with Crippen LogP contribution in [0.1, 0.15) is 42.2 Å². The minimum absolute atomic E-state index is 0.173. The quantitative estimate of drug-likeness (QED) is 0.722. The van der Waals surface area contributed by atoms with Gasteiger partial charge in [-0.3, -0.25) is 4.79 Å². The van der Waals surface area contributed by atoms with E-state index in [9.17, 15) is 4.79 Å². The Hall–Kier alpha value is -2.93. The lowest BCUT2D eigenvalue weighted by molar-refractivity contribution is -0.116. The molecule has 7 heteroatoms. The predicted octanol–water partition coefficient (Wildman–Crippen LogP) is 4.15. The van der Waals surface area contributed by atoms with Crippen molar-refractivity contribution >= 4 is 23.1 Å². The number of allylic oxidation sites excluding steroid dienone is 2. The van der Waals surface area contributed by atoms with Gasteiger partial charge in [0.2, 0.25) is 5.95 Å². The first-order valence-electron chi connectivity index (χ1n) is 9.43. The highest BCUT2D eigenvalue weighted by Crippen LogP contribution is 2.44. The summed E-state index contributed by atoms with van der Waals surface area (Å²) in [5, 5.41) is 9.82. The van der Waals surface area contributed by atoms with Crippen molar-refractivity contribution in [2.24, 2.45) is 0 Å². The van der Waals surface area contributed by atoms with E-state index in [0.29, 0.717) is 19.0 Å². The van der Waals surface area contributed by atoms with Gasteiger partial charge in [-0.2, -0.15) is 10.1 Å². The average Bonchev–Trinajstić information content (AvgIpc) is 3.39. The molecule has 142 valence electrons. The second-order valence-electron chi connectivity index (χ2n) is 6.99. The van der Waals surface area contributed by atoms with Crippen LogP contribution in [0.3, 0.4) is 0 Å². The molecule has 3 aromatic rings. The van der Waals surface area contributed by atoms with Crippen molar-refractivity contribution in [3.8, 4) is 5.75 Å². The van der Waals surface area contributed by atoms with Gasteiger partial charge >= 0.3 is 0 Å². The number of carbonyl (C=O) groups is 1. The zero-order chi connectivity index (χ0) is 19.1. The van der Waals surface area contributed by atoms with E-state index in [2.05, 4.69) is 26.8 Å². The van der Waals surface area contributed by atoms with Gasteiger partial charge < -0.3 is 10.1 Å². The highest BCUT2D eigenvalue weighted by atomic mass is 32.1. The van der Waals surface area contributed by atoms with Gasteiger partial charge in [0.25, 0.3) is 0 Å². The first-order chi connectivity index (χ1) is 13.7. The maximum Gasteiger partial charge on any atom is 0.226 e. The summed E-state index contributed by atoms with van der Waals surface area (Å²) in [5.74, 6) is 1.89. The van der Waals surface area contributed by atoms with Gasteiger partial charge in [0, 0.05) is 28.5 Å². The number of benzene rings is 1. The van der Waals surface area contributed by atoms with Crippen LogP contribution in [0.5, 0.6) is 5.75 Å². The third-order valence-corrected chi connectivity index (χ3v) is 6.35. The molecule has 0 saturated heterocycles. The summed E-state index contributed by atoms with van der Waals surface area (Å²) < 4.78 is 7.36. The molecule has 0 saturated carbocycles. The number of ether oxygens (including phenoxy) is 1. The molecule has 6 nitrogen and oxygen atoms in total. The van der Waals surface area contributed by atoms with Crippen molar-refractivity contribution in [1.29, 1.82) is 0 Å². The normalized spacial score (nSPS) is 21.1. The zero-order valence-electron chi connectivity index (χ0n) is 15.5. The van der Waals surface area contributed by atoms with Crippen LogP contribution in [-0.2, 0) is 4.79 Å². The van der Waals surface area contributed by atoms with Crippen LogP contribution >= 0.6 is 11.3 Å². The second kappa shape index (κ2) is 6.91. The lowest BCUT2D eigenvalue weighted by atomic mass is 9.80. The van der Waals surface area contributed by atoms with Gasteiger partial charge in [0.1, 0.15) is 18.1 Å². The van der Waals surface area contributed by atoms with E-state index in [-0.39, 0.29) is 17.7 Å². The Morgan fingerprint density at radius 2 is 2.11 bits per heavy atom. The van der Waals surface area contributed by atoms with Gasteiger partial charge in [0.05, 0.1) is 6.61 Å². The smallest absolute Gasteiger partial charge is 0.226 e. The molecule has 0 radical (unpaired) electrons. The maximum absolute atomic E-state index is 13.2. The number of rotatable bonds is 4. The molecule has 1 aliphatic heterocycles. The van der Waals surface area contributed by atoms with Crippen molar-refractivity contribution in [2.45, 2.75) is 31.7 Å². The Kier molecular flexibility index (Phi) is 4.24. The number of nitrogens with zero attached hydrogens (tertiary/aromatic N) is 3. The third-order valence-electron chi connectivity index (χ3n) is 5.31. The van der Waals surface area contributed by atoms with Crippen LogP contribution in [0, 0.1) is 0 Å². The molecule has 1 aliphatic carbocycles. The molecule has 0 fully saturated rings. The Labute approximate surface area is 166 Å². The minimum Gasteiger partial charge on any atom is -0.494 e. The maximum atomic E-state index is 13.2. The molecule has 2 aromatic heterocycles. The molecule has 0 spiro atoms. The largest absolute Gasteiger partial charge is 0.494 e. The average molecular weight is 392 g/mol. The molecule has 5 rings (SSSR count). The molecule has 1 aromatic carbocycles. The van der Waals surface area contributed by atoms with Gasteiger partial charge in [-0.15, -0.1) is 11.3 Å². The topological polar surface area (TPSA) is 69.0 Å². The van der Waals surface area contributed by atoms with E-state index in [4.69, 9.17) is 4.74 Å². The fraction of sp³-hybridized carbons (Fsp3) is 0.286. The number of Topliss-reactive ketones (excluding diaryl/α,β-unsaturated/α-hetero) is 1. The molecule has 1 N–H and O–H groups in total. The van der Waals surface area contributed by atoms with Gasteiger partial charge in [-0.05, 0) is 42.5 Å². The van der Waals surface area contributed by atoms with E-state index in [1.165, 1.54) is 11.2 Å². The van der Waals surface area contributed by atoms with Crippen LogP contribution in [0.25, 0.3) is 0 Å². The van der Waals surface area contributed by atoms with Gasteiger partial charge in [-0.1, -0.05) is 18.2 Å². The SMILES string of the molecule is CCOc1ccc([C@H]2C3=C(C[C@H](c4cccs4)CC3=O)Nc3ncnn32)cc1. The minimum atomic E-state index is -0.263. The fourth-order valence-corrected chi connectivity index (χ4v) is 4.93. The lowest BCUT2D eigenvalue weighted by Crippen LogP contribution is -2.33. The number of aromatic nitrogens is 3. The molecule has 3 heterocycles. The summed E-state index contributed by atoms with van der Waals surface area (Å²) in [6.07, 6.45) is 2.87. The molecular weight excluding hydrogens is 372 g/mol. The van der Waals surface area contributed by atoms with Crippen molar-refractivity contribution in [1.82, 2.24) is 14.8 Å². The Morgan fingerprint density at radius 1 is 1.25 bits per heavy atom. The summed E-state index contributed by atoms with van der Waals surface area (Å²) >= 11 is 1.71. The van der Waals surface area contributed by atoms with Crippen LogP contribution in [0.4, 0.5) is 5.95 Å². The first kappa shape index (κ1) is 17.2. The molecule has 2 aliphatic rings. The molecule has 0 bridgehead atoms. The molecule has 28 heavy (non-hydrogen) atoms. The van der Waals surface area contributed by atoms with E-state index < -0.39 is 0 Å². The van der Waals surface area contributed by atoms with Crippen molar-refractivity contribution in [2.75, 3.05) is 11.9 Å². The number of ketones is 1. The van der Waals surface area contributed by atoms with E-state index in [1.807, 2.05) is 37.3 Å². The van der Waals surface area contributed by atoms with Crippen molar-refractivity contribution in [3.05, 3.63) is 69.8 Å². The van der Waals surface area contributed by atoms with E-state index in [1.54, 1.807) is 16.0 Å². The standard InChI is InChI=1S/C21H20N4O2S/c1-2-27-15-7-5-13(6-8-15)20-19-16(24-21-22-12-23-25(20)21)10-14(11-17(19)26)18-4-3-9-28-18/h3-9,12,14,20H,2,10-11H2,1H3,(H,22,23,24)/t14-,20-/m0/s1. The monoisotopic (exact) mass is 392 g/mol. The number of carbonyl (C=O) groups excluding carboxylic acids is 1. The van der Waals surface area contributed by atoms with E-state index >= 15 is 0 Å². The summed E-state index contributed by atoms with van der Waals surface area (Å²) in [5.41, 5.74) is 2.77. The number of fused-ring (bicyclic) bond motifs is 1. The van der Waals surface area contributed by atoms with Crippen molar-refractivity contribution in [3.63, 3.8) is 0 Å². The van der Waals surface area contributed by atoms with Crippen LogP contribution in [0.2, 0.25) is 0 Å². The van der Waals surface area contributed by atoms with Gasteiger partial charge in [-0.25, -0.2) is 4.68 Å². The number of hydrogen-bond donors (Lipinski definition) is 1. The highest BCUT2D eigenvalue weighted by molar-refractivity contribution is 7.10. The van der Waals surface area contributed by atoms with E-state index in [0.717, 1.165) is 29.0 Å². The first-order valence-corrected chi connectivity index (χ1v) is 10.3. The van der Waals surface area contributed by atoms with Crippen LogP contribution < -0.4 is 10.1 Å². The molecule has 0 unspecified atom stereocenters. The highest BCUT2D eigenvalue weighted by Gasteiger charge is 2.39. The third kappa shape index (κ3) is 2.82. The lowest BCUT2D eigenvalue weighted by Gasteiger charge is -2.34. The molecule has 0 amide bonds. The number of anilines is 1. The Balaban J connectivity index is 1.56. The van der Waals surface area contributed by atoms with Crippen molar-refractivity contribution < 1.29 is 9.53 Å². The summed E-state index contributed by atoms with van der Waals surface area (Å²) in [7, 11) is 0. The summed E-state index contributed by atoms with van der Waals surface area (Å²) in [4.78, 5) is 18.9. The second-order valence-corrected chi connectivity index (χ2v) is 7.97. The van der Waals surface area contributed by atoms with Crippen LogP contribution in [-0.4, -0.2) is 27.2 Å². The zero-order valence-corrected chi connectivity index (χ0v) is 16.3. The summed E-state index contributed by atoms with van der Waals surface area (Å²) in [6, 6.07) is 11.8. The predicted molar refractivity (Wildman–Crippen MR) is 108 cm³/mol.